The van der Waals surface area contributed by atoms with Gasteiger partial charge in [0.05, 0.1) is 0 Å². The van der Waals surface area contributed by atoms with Crippen LogP contribution < -0.4 is 0 Å². The van der Waals surface area contributed by atoms with Gasteiger partial charge in [-0.15, -0.1) is 0 Å². The van der Waals surface area contributed by atoms with Gasteiger partial charge in [0, 0.05) is 0 Å². The van der Waals surface area contributed by atoms with Crippen molar-refractivity contribution in [1.29, 1.82) is 0 Å². The van der Waals surface area contributed by atoms with E-state index >= 15 is 0 Å². The predicted molar refractivity (Wildman–Crippen MR) is 102 cm³/mol. The summed E-state index contributed by atoms with van der Waals surface area (Å²) in [5, 5.41) is 0. The molecule has 0 aliphatic heterocycles. The molecule has 0 N–H and O–H groups in total. The fourth-order valence-electron chi connectivity index (χ4n) is 2.76. The first-order chi connectivity index (χ1) is 10.7. The van der Waals surface area contributed by atoms with E-state index in [4.69, 9.17) is 0 Å². The first-order valence-electron chi connectivity index (χ1n) is 9.15. The summed E-state index contributed by atoms with van der Waals surface area (Å²) in [4.78, 5) is 0. The molecular formula is C22H34. The summed E-state index contributed by atoms with van der Waals surface area (Å²) in [6.45, 7) is 13.0. The Labute approximate surface area is 138 Å². The maximum Gasteiger partial charge on any atom is -0.0230 e. The summed E-state index contributed by atoms with van der Waals surface area (Å²) in [5.41, 5.74) is 5.13. The van der Waals surface area contributed by atoms with Crippen molar-refractivity contribution in [3.8, 4) is 0 Å². The molecule has 0 saturated heterocycles. The molecule has 0 unspecified atom stereocenters. The van der Waals surface area contributed by atoms with Crippen molar-refractivity contribution in [2.45, 2.75) is 78.1 Å². The number of hydrogen-bond acceptors (Lipinski definition) is 0. The van der Waals surface area contributed by atoms with E-state index in [-0.39, 0.29) is 0 Å². The van der Waals surface area contributed by atoms with Gasteiger partial charge in [0.2, 0.25) is 0 Å². The highest BCUT2D eigenvalue weighted by Crippen LogP contribution is 2.24. The Balaban J connectivity index is 2.41. The molecular weight excluding hydrogens is 264 g/mol. The molecule has 22 heavy (non-hydrogen) atoms. The zero-order valence-corrected chi connectivity index (χ0v) is 14.8. The van der Waals surface area contributed by atoms with Gasteiger partial charge in [0.25, 0.3) is 0 Å². The monoisotopic (exact) mass is 298 g/mol. The largest absolute Gasteiger partial charge is 0.0952 e. The normalized spacial score (nSPS) is 10.6. The Morgan fingerprint density at radius 3 is 1.32 bits per heavy atom. The Morgan fingerprint density at radius 1 is 0.636 bits per heavy atom. The molecule has 0 spiro atoms. The third-order valence-electron chi connectivity index (χ3n) is 4.37. The van der Waals surface area contributed by atoms with Crippen LogP contribution in [0.4, 0.5) is 0 Å². The molecule has 0 fully saturated rings. The van der Waals surface area contributed by atoms with Gasteiger partial charge >= 0.3 is 0 Å². The zero-order chi connectivity index (χ0) is 16.2. The van der Waals surface area contributed by atoms with Crippen LogP contribution in [0.3, 0.4) is 0 Å². The molecule has 0 nitrogen and oxygen atoms in total. The topological polar surface area (TPSA) is 0 Å². The maximum atomic E-state index is 4.24. The Bertz CT molecular complexity index is 393. The summed E-state index contributed by atoms with van der Waals surface area (Å²) in [6.07, 6.45) is 12.7. The van der Waals surface area contributed by atoms with Gasteiger partial charge in [0.1, 0.15) is 0 Å². The van der Waals surface area contributed by atoms with Crippen LogP contribution in [-0.2, 0) is 0 Å². The lowest BCUT2D eigenvalue weighted by atomic mass is 9.96. The Kier molecular flexibility index (Phi) is 9.62. The van der Waals surface area contributed by atoms with E-state index in [1.807, 2.05) is 0 Å². The molecule has 0 bridgehead atoms. The van der Waals surface area contributed by atoms with Gasteiger partial charge in [-0.1, -0.05) is 89.8 Å². The molecule has 1 rings (SSSR count). The van der Waals surface area contributed by atoms with Crippen molar-refractivity contribution in [3.63, 3.8) is 0 Å². The second kappa shape index (κ2) is 11.3. The second-order valence-corrected chi connectivity index (χ2v) is 6.41. The minimum atomic E-state index is 1.12. The summed E-state index contributed by atoms with van der Waals surface area (Å²) >= 11 is 0. The molecule has 0 atom stereocenters. The molecule has 0 aliphatic carbocycles. The number of rotatable bonds is 12. The van der Waals surface area contributed by atoms with Gasteiger partial charge in [-0.25, -0.2) is 0 Å². The molecule has 0 aromatic heterocycles. The number of unbranched alkanes of at least 4 members (excludes halogenated alkanes) is 6. The van der Waals surface area contributed by atoms with Crippen LogP contribution in [-0.4, -0.2) is 0 Å². The van der Waals surface area contributed by atoms with Crippen molar-refractivity contribution in [3.05, 3.63) is 48.6 Å². The standard InChI is InChI=1S/C22H34/c1-5-7-9-11-13-19(3)21-15-17-22(18-16-21)20(4)14-12-10-8-6-2/h15-18H,3-14H2,1-2H3. The van der Waals surface area contributed by atoms with Crippen molar-refractivity contribution in [2.75, 3.05) is 0 Å². The first-order valence-corrected chi connectivity index (χ1v) is 9.15. The van der Waals surface area contributed by atoms with Crippen LogP contribution in [0.5, 0.6) is 0 Å². The van der Waals surface area contributed by atoms with E-state index < -0.39 is 0 Å². The SMILES string of the molecule is C=C(CCCCCC)c1ccc(C(=C)CCCCCC)cc1. The third-order valence-corrected chi connectivity index (χ3v) is 4.37. The summed E-state index contributed by atoms with van der Waals surface area (Å²) in [6, 6.07) is 8.87. The van der Waals surface area contributed by atoms with E-state index in [1.165, 1.54) is 73.6 Å². The van der Waals surface area contributed by atoms with Crippen molar-refractivity contribution in [1.82, 2.24) is 0 Å². The molecule has 0 radical (unpaired) electrons. The smallest absolute Gasteiger partial charge is 0.0230 e. The highest BCUT2D eigenvalue weighted by molar-refractivity contribution is 5.68. The quantitative estimate of drug-likeness (QED) is 0.347. The molecule has 1 aromatic rings. The van der Waals surface area contributed by atoms with Crippen LogP contribution in [0.1, 0.15) is 89.2 Å². The highest BCUT2D eigenvalue weighted by atomic mass is 14.1. The van der Waals surface area contributed by atoms with Gasteiger partial charge in [-0.3, -0.25) is 0 Å². The second-order valence-electron chi connectivity index (χ2n) is 6.41. The van der Waals surface area contributed by atoms with Crippen molar-refractivity contribution < 1.29 is 0 Å². The van der Waals surface area contributed by atoms with Gasteiger partial charge in [0.15, 0.2) is 0 Å². The molecule has 122 valence electrons. The minimum absolute atomic E-state index is 1.12. The summed E-state index contributed by atoms with van der Waals surface area (Å²) in [5.74, 6) is 0. The average Bonchev–Trinajstić information content (AvgIpc) is 2.55. The summed E-state index contributed by atoms with van der Waals surface area (Å²) in [7, 11) is 0. The molecule has 0 saturated carbocycles. The number of allylic oxidation sites excluding steroid dienone is 2. The summed E-state index contributed by atoms with van der Waals surface area (Å²) < 4.78 is 0. The lowest BCUT2D eigenvalue weighted by molar-refractivity contribution is 0.678. The lowest BCUT2D eigenvalue weighted by Crippen LogP contribution is -1.88. The van der Waals surface area contributed by atoms with E-state index in [2.05, 4.69) is 51.3 Å². The zero-order valence-electron chi connectivity index (χ0n) is 14.8. The van der Waals surface area contributed by atoms with E-state index in [0.717, 1.165) is 12.8 Å². The molecule has 0 heteroatoms. The van der Waals surface area contributed by atoms with Crippen LogP contribution >= 0.6 is 0 Å². The third kappa shape index (κ3) is 7.11. The van der Waals surface area contributed by atoms with Gasteiger partial charge in [-0.2, -0.15) is 0 Å². The molecule has 0 amide bonds. The van der Waals surface area contributed by atoms with Crippen molar-refractivity contribution >= 4 is 11.1 Å². The Morgan fingerprint density at radius 2 is 1.00 bits per heavy atom. The number of benzene rings is 1. The van der Waals surface area contributed by atoms with E-state index in [0.29, 0.717) is 0 Å². The fraction of sp³-hybridized carbons (Fsp3) is 0.545. The predicted octanol–water partition coefficient (Wildman–Crippen LogP) is 7.65. The maximum absolute atomic E-state index is 4.24. The molecule has 0 heterocycles. The van der Waals surface area contributed by atoms with Gasteiger partial charge in [-0.05, 0) is 48.0 Å². The van der Waals surface area contributed by atoms with E-state index in [9.17, 15) is 0 Å². The molecule has 1 aromatic carbocycles. The van der Waals surface area contributed by atoms with Crippen LogP contribution in [0.2, 0.25) is 0 Å². The highest BCUT2D eigenvalue weighted by Gasteiger charge is 2.02. The average molecular weight is 299 g/mol. The van der Waals surface area contributed by atoms with Gasteiger partial charge < -0.3 is 0 Å². The van der Waals surface area contributed by atoms with Crippen molar-refractivity contribution in [2.24, 2.45) is 0 Å². The van der Waals surface area contributed by atoms with Crippen LogP contribution in [0.15, 0.2) is 37.4 Å². The fourth-order valence-corrected chi connectivity index (χ4v) is 2.76. The van der Waals surface area contributed by atoms with Crippen LogP contribution in [0, 0.1) is 0 Å². The van der Waals surface area contributed by atoms with Crippen LogP contribution in [0.25, 0.3) is 11.1 Å². The lowest BCUT2D eigenvalue weighted by Gasteiger charge is -2.09. The first kappa shape index (κ1) is 18.7. The Hall–Kier alpha value is -1.30. The number of hydrogen-bond donors (Lipinski definition) is 0. The van der Waals surface area contributed by atoms with E-state index in [1.54, 1.807) is 0 Å². The minimum Gasteiger partial charge on any atom is -0.0952 e. The molecule has 0 aliphatic rings.